The molecule has 1 N–H and O–H groups in total. The van der Waals surface area contributed by atoms with Gasteiger partial charge in [-0.25, -0.2) is 0 Å². The number of piperidine rings is 1. The van der Waals surface area contributed by atoms with E-state index >= 15 is 0 Å². The van der Waals surface area contributed by atoms with Crippen LogP contribution in [0.15, 0.2) is 54.6 Å². The van der Waals surface area contributed by atoms with E-state index in [1.165, 1.54) is 24.3 Å². The van der Waals surface area contributed by atoms with Gasteiger partial charge in [-0.2, -0.15) is 0 Å². The first kappa shape index (κ1) is 19.5. The van der Waals surface area contributed by atoms with Crippen LogP contribution in [0.25, 0.3) is 0 Å². The molecule has 0 radical (unpaired) electrons. The number of likely N-dealkylation sites (tertiary alicyclic amines) is 1. The summed E-state index contributed by atoms with van der Waals surface area (Å²) in [6.07, 6.45) is 1.21. The lowest BCUT2D eigenvalue weighted by Gasteiger charge is -2.32. The van der Waals surface area contributed by atoms with Gasteiger partial charge in [0.2, 0.25) is 5.91 Å². The number of amides is 2. The molecule has 146 valence electrons. The molecule has 1 aliphatic rings. The summed E-state index contributed by atoms with van der Waals surface area (Å²) in [6.45, 7) is 2.95. The number of hydrogen-bond acceptors (Lipinski definition) is 4. The quantitative estimate of drug-likeness (QED) is 0.635. The standard InChI is InChI=1S/C21H23N3O4/c1-15(16-5-3-2-4-6-16)22-20(25)17-11-13-23(14-12-17)21(26)18-7-9-19(10-8-18)24(27)28/h2-10,15,17H,11-14H2,1H3,(H,22,25)/t15-/m1/s1. The Bertz CT molecular complexity index is 844. The molecule has 7 nitrogen and oxygen atoms in total. The van der Waals surface area contributed by atoms with E-state index in [0.717, 1.165) is 5.56 Å². The molecule has 0 aromatic heterocycles. The van der Waals surface area contributed by atoms with Crippen LogP contribution in [0.4, 0.5) is 5.69 Å². The predicted molar refractivity (Wildman–Crippen MR) is 105 cm³/mol. The zero-order valence-corrected chi connectivity index (χ0v) is 15.7. The highest BCUT2D eigenvalue weighted by Crippen LogP contribution is 2.22. The molecule has 0 aliphatic carbocycles. The molecule has 1 fully saturated rings. The van der Waals surface area contributed by atoms with Crippen LogP contribution in [0.1, 0.15) is 41.7 Å². The van der Waals surface area contributed by atoms with Crippen molar-refractivity contribution in [2.75, 3.05) is 13.1 Å². The van der Waals surface area contributed by atoms with Crippen molar-refractivity contribution < 1.29 is 14.5 Å². The zero-order valence-electron chi connectivity index (χ0n) is 15.7. The van der Waals surface area contributed by atoms with E-state index in [1.807, 2.05) is 37.3 Å². The first-order valence-corrected chi connectivity index (χ1v) is 9.34. The number of carbonyl (C=O) groups is 2. The van der Waals surface area contributed by atoms with Crippen molar-refractivity contribution in [1.29, 1.82) is 0 Å². The normalized spacial score (nSPS) is 15.7. The lowest BCUT2D eigenvalue weighted by molar-refractivity contribution is -0.384. The van der Waals surface area contributed by atoms with Crippen LogP contribution in [0, 0.1) is 16.0 Å². The fraction of sp³-hybridized carbons (Fsp3) is 0.333. The van der Waals surface area contributed by atoms with Crippen molar-refractivity contribution in [3.8, 4) is 0 Å². The van der Waals surface area contributed by atoms with Crippen molar-refractivity contribution in [3.63, 3.8) is 0 Å². The van der Waals surface area contributed by atoms with Gasteiger partial charge in [0, 0.05) is 36.7 Å². The summed E-state index contributed by atoms with van der Waals surface area (Å²) in [5.74, 6) is -0.266. The maximum Gasteiger partial charge on any atom is 0.269 e. The predicted octanol–water partition coefficient (Wildman–Crippen LogP) is 3.32. The topological polar surface area (TPSA) is 92.6 Å². The van der Waals surface area contributed by atoms with Crippen LogP contribution >= 0.6 is 0 Å². The van der Waals surface area contributed by atoms with Gasteiger partial charge in [-0.05, 0) is 37.5 Å². The highest BCUT2D eigenvalue weighted by molar-refractivity contribution is 5.94. The van der Waals surface area contributed by atoms with E-state index < -0.39 is 4.92 Å². The molecule has 2 amide bonds. The van der Waals surface area contributed by atoms with E-state index in [4.69, 9.17) is 0 Å². The van der Waals surface area contributed by atoms with Crippen LogP contribution in [0.3, 0.4) is 0 Å². The Kier molecular flexibility index (Phi) is 6.03. The Morgan fingerprint density at radius 1 is 1.07 bits per heavy atom. The smallest absolute Gasteiger partial charge is 0.269 e. The van der Waals surface area contributed by atoms with Crippen LogP contribution in [-0.4, -0.2) is 34.7 Å². The number of non-ortho nitro benzene ring substituents is 1. The molecule has 1 saturated heterocycles. The highest BCUT2D eigenvalue weighted by atomic mass is 16.6. The average Bonchev–Trinajstić information content (AvgIpc) is 2.74. The summed E-state index contributed by atoms with van der Waals surface area (Å²) in [5.41, 5.74) is 1.44. The number of nitrogens with zero attached hydrogens (tertiary/aromatic N) is 2. The second-order valence-corrected chi connectivity index (χ2v) is 7.01. The van der Waals surface area contributed by atoms with E-state index in [0.29, 0.717) is 31.5 Å². The van der Waals surface area contributed by atoms with Crippen molar-refractivity contribution in [2.24, 2.45) is 5.92 Å². The van der Waals surface area contributed by atoms with Crippen LogP contribution in [-0.2, 0) is 4.79 Å². The summed E-state index contributed by atoms with van der Waals surface area (Å²) < 4.78 is 0. The van der Waals surface area contributed by atoms with E-state index in [-0.39, 0.29) is 29.5 Å². The Hall–Kier alpha value is -3.22. The molecule has 1 heterocycles. The van der Waals surface area contributed by atoms with Crippen molar-refractivity contribution >= 4 is 17.5 Å². The molecular weight excluding hydrogens is 358 g/mol. The first-order valence-electron chi connectivity index (χ1n) is 9.34. The lowest BCUT2D eigenvalue weighted by Crippen LogP contribution is -2.43. The minimum Gasteiger partial charge on any atom is -0.349 e. The summed E-state index contributed by atoms with van der Waals surface area (Å²) >= 11 is 0. The van der Waals surface area contributed by atoms with Crippen molar-refractivity contribution in [1.82, 2.24) is 10.2 Å². The van der Waals surface area contributed by atoms with Gasteiger partial charge in [0.25, 0.3) is 11.6 Å². The van der Waals surface area contributed by atoms with Crippen LogP contribution in [0.5, 0.6) is 0 Å². The second kappa shape index (κ2) is 8.65. The van der Waals surface area contributed by atoms with Gasteiger partial charge < -0.3 is 10.2 Å². The van der Waals surface area contributed by atoms with E-state index in [2.05, 4.69) is 5.32 Å². The Labute approximate surface area is 163 Å². The minimum atomic E-state index is -0.491. The molecule has 0 spiro atoms. The van der Waals surface area contributed by atoms with Gasteiger partial charge in [-0.15, -0.1) is 0 Å². The van der Waals surface area contributed by atoms with E-state index in [9.17, 15) is 19.7 Å². The molecular formula is C21H23N3O4. The molecule has 3 rings (SSSR count). The van der Waals surface area contributed by atoms with Crippen molar-refractivity contribution in [2.45, 2.75) is 25.8 Å². The van der Waals surface area contributed by atoms with Gasteiger partial charge >= 0.3 is 0 Å². The van der Waals surface area contributed by atoms with Gasteiger partial charge in [-0.3, -0.25) is 19.7 Å². The zero-order chi connectivity index (χ0) is 20.1. The Balaban J connectivity index is 1.52. The molecule has 7 heteroatoms. The van der Waals surface area contributed by atoms with Gasteiger partial charge in [-0.1, -0.05) is 30.3 Å². The maximum atomic E-state index is 12.6. The number of hydrogen-bond donors (Lipinski definition) is 1. The summed E-state index contributed by atoms with van der Waals surface area (Å²) in [5, 5.41) is 13.8. The highest BCUT2D eigenvalue weighted by Gasteiger charge is 2.28. The second-order valence-electron chi connectivity index (χ2n) is 7.01. The Morgan fingerprint density at radius 2 is 1.68 bits per heavy atom. The monoisotopic (exact) mass is 381 g/mol. The molecule has 1 atom stereocenters. The molecule has 0 saturated carbocycles. The minimum absolute atomic E-state index is 0.0128. The number of benzene rings is 2. The maximum absolute atomic E-state index is 12.6. The molecule has 1 aliphatic heterocycles. The van der Waals surface area contributed by atoms with Gasteiger partial charge in [0.15, 0.2) is 0 Å². The summed E-state index contributed by atoms with van der Waals surface area (Å²) in [6, 6.07) is 15.3. The average molecular weight is 381 g/mol. The van der Waals surface area contributed by atoms with Gasteiger partial charge in [0.1, 0.15) is 0 Å². The number of nitro benzene ring substituents is 1. The molecule has 28 heavy (non-hydrogen) atoms. The third kappa shape index (κ3) is 4.54. The third-order valence-corrected chi connectivity index (χ3v) is 5.14. The molecule has 0 bridgehead atoms. The van der Waals surface area contributed by atoms with E-state index in [1.54, 1.807) is 4.90 Å². The number of carbonyl (C=O) groups excluding carboxylic acids is 2. The lowest BCUT2D eigenvalue weighted by atomic mass is 9.94. The molecule has 2 aromatic carbocycles. The summed E-state index contributed by atoms with van der Waals surface area (Å²) in [7, 11) is 0. The SMILES string of the molecule is C[C@@H](NC(=O)C1CCN(C(=O)c2ccc([N+](=O)[O-])cc2)CC1)c1ccccc1. The third-order valence-electron chi connectivity index (χ3n) is 5.14. The van der Waals surface area contributed by atoms with Crippen molar-refractivity contribution in [3.05, 3.63) is 75.8 Å². The number of nitro groups is 1. The largest absolute Gasteiger partial charge is 0.349 e. The van der Waals surface area contributed by atoms with Gasteiger partial charge in [0.05, 0.1) is 11.0 Å². The number of nitrogens with one attached hydrogen (secondary N) is 1. The van der Waals surface area contributed by atoms with Crippen LogP contribution in [0.2, 0.25) is 0 Å². The fourth-order valence-electron chi connectivity index (χ4n) is 3.41. The fourth-order valence-corrected chi connectivity index (χ4v) is 3.41. The Morgan fingerprint density at radius 3 is 2.25 bits per heavy atom. The number of rotatable bonds is 5. The molecule has 0 unspecified atom stereocenters. The first-order chi connectivity index (χ1) is 13.5. The van der Waals surface area contributed by atoms with Crippen LogP contribution < -0.4 is 5.32 Å². The summed E-state index contributed by atoms with van der Waals surface area (Å²) in [4.78, 5) is 37.1. The molecule has 2 aromatic rings.